The molecule has 1 saturated carbocycles. The van der Waals surface area contributed by atoms with E-state index in [1.165, 1.54) is 14.2 Å². The number of aliphatic hydroxyl groups is 3. The lowest BCUT2D eigenvalue weighted by Crippen LogP contribution is -2.65. The number of ether oxygens (including phenoxy) is 3. The van der Waals surface area contributed by atoms with Crippen molar-refractivity contribution in [2.75, 3.05) is 14.2 Å². The van der Waals surface area contributed by atoms with Crippen molar-refractivity contribution in [3.05, 3.63) is 35.9 Å². The molecule has 1 aromatic rings. The molecule has 1 fully saturated rings. The van der Waals surface area contributed by atoms with Gasteiger partial charge in [-0.3, -0.25) is 0 Å². The van der Waals surface area contributed by atoms with Crippen molar-refractivity contribution < 1.29 is 29.5 Å². The summed E-state index contributed by atoms with van der Waals surface area (Å²) in [6, 6.07) is 9.43. The molecule has 0 amide bonds. The lowest BCUT2D eigenvalue weighted by Gasteiger charge is -2.44. The molecule has 118 valence electrons. The Morgan fingerprint density at radius 1 is 0.810 bits per heavy atom. The van der Waals surface area contributed by atoms with Crippen LogP contribution >= 0.6 is 0 Å². The Balaban J connectivity index is 2.08. The summed E-state index contributed by atoms with van der Waals surface area (Å²) in [5, 5.41) is 30.5. The van der Waals surface area contributed by atoms with Crippen LogP contribution in [0.2, 0.25) is 0 Å². The summed E-state index contributed by atoms with van der Waals surface area (Å²) in [6.45, 7) is 0.239. The average Bonchev–Trinajstić information content (AvgIpc) is 2.49. The molecule has 0 saturated heterocycles. The zero-order valence-electron chi connectivity index (χ0n) is 12.1. The second kappa shape index (κ2) is 7.31. The third-order valence-corrected chi connectivity index (χ3v) is 3.85. The van der Waals surface area contributed by atoms with E-state index in [2.05, 4.69) is 0 Å². The minimum absolute atomic E-state index is 0.239. The molecular weight excluding hydrogens is 276 g/mol. The van der Waals surface area contributed by atoms with Crippen LogP contribution in [-0.2, 0) is 20.8 Å². The summed E-state index contributed by atoms with van der Waals surface area (Å²) < 4.78 is 15.8. The molecule has 1 aliphatic carbocycles. The highest BCUT2D eigenvalue weighted by Gasteiger charge is 2.50. The highest BCUT2D eigenvalue weighted by atomic mass is 16.6. The molecule has 6 atom stereocenters. The van der Waals surface area contributed by atoms with Crippen molar-refractivity contribution in [2.24, 2.45) is 0 Å². The third kappa shape index (κ3) is 3.42. The topological polar surface area (TPSA) is 88.4 Å². The predicted octanol–water partition coefficient (Wildman–Crippen LogP) is -0.302. The van der Waals surface area contributed by atoms with Gasteiger partial charge in [-0.1, -0.05) is 30.3 Å². The fourth-order valence-corrected chi connectivity index (χ4v) is 2.69. The number of benzene rings is 1. The fraction of sp³-hybridized carbons (Fsp3) is 0.600. The van der Waals surface area contributed by atoms with Crippen LogP contribution in [0.15, 0.2) is 30.3 Å². The summed E-state index contributed by atoms with van der Waals surface area (Å²) in [4.78, 5) is 0. The zero-order valence-corrected chi connectivity index (χ0v) is 12.1. The van der Waals surface area contributed by atoms with Crippen molar-refractivity contribution in [3.8, 4) is 0 Å². The van der Waals surface area contributed by atoms with E-state index in [0.717, 1.165) is 5.56 Å². The second-order valence-corrected chi connectivity index (χ2v) is 5.13. The monoisotopic (exact) mass is 298 g/mol. The number of hydrogen-bond acceptors (Lipinski definition) is 6. The van der Waals surface area contributed by atoms with Crippen LogP contribution in [0.5, 0.6) is 0 Å². The third-order valence-electron chi connectivity index (χ3n) is 3.85. The van der Waals surface area contributed by atoms with Gasteiger partial charge in [-0.15, -0.1) is 0 Å². The molecule has 0 aromatic heterocycles. The maximum absolute atomic E-state index is 10.2. The SMILES string of the molecule is CO[C@@H]1[C@@H](O)[C@H](OC)[C@@H](O)[C@H](OCc2ccccc2)[C@H]1O. The molecule has 3 N–H and O–H groups in total. The summed E-state index contributed by atoms with van der Waals surface area (Å²) in [7, 11) is 2.77. The summed E-state index contributed by atoms with van der Waals surface area (Å²) in [6.07, 6.45) is -6.06. The number of rotatable bonds is 5. The van der Waals surface area contributed by atoms with Crippen molar-refractivity contribution >= 4 is 0 Å². The Labute approximate surface area is 123 Å². The van der Waals surface area contributed by atoms with Crippen LogP contribution < -0.4 is 0 Å². The van der Waals surface area contributed by atoms with E-state index < -0.39 is 36.6 Å². The minimum Gasteiger partial charge on any atom is -0.387 e. The number of aliphatic hydroxyl groups excluding tert-OH is 3. The van der Waals surface area contributed by atoms with E-state index in [0.29, 0.717) is 0 Å². The van der Waals surface area contributed by atoms with Gasteiger partial charge in [0.2, 0.25) is 0 Å². The molecule has 1 aromatic carbocycles. The molecule has 6 nitrogen and oxygen atoms in total. The van der Waals surface area contributed by atoms with Crippen LogP contribution in [0.4, 0.5) is 0 Å². The second-order valence-electron chi connectivity index (χ2n) is 5.13. The van der Waals surface area contributed by atoms with E-state index in [4.69, 9.17) is 14.2 Å². The van der Waals surface area contributed by atoms with Crippen molar-refractivity contribution in [3.63, 3.8) is 0 Å². The first-order valence-electron chi connectivity index (χ1n) is 6.85. The first kappa shape index (κ1) is 16.4. The summed E-state index contributed by atoms with van der Waals surface area (Å²) in [5.74, 6) is 0. The average molecular weight is 298 g/mol. The van der Waals surface area contributed by atoms with Crippen LogP contribution in [0.3, 0.4) is 0 Å². The van der Waals surface area contributed by atoms with Crippen molar-refractivity contribution in [1.82, 2.24) is 0 Å². The molecule has 0 bridgehead atoms. The Hall–Kier alpha value is -1.02. The van der Waals surface area contributed by atoms with E-state index >= 15 is 0 Å². The molecule has 1 aliphatic rings. The van der Waals surface area contributed by atoms with Gasteiger partial charge in [-0.25, -0.2) is 0 Å². The van der Waals surface area contributed by atoms with Crippen molar-refractivity contribution in [1.29, 1.82) is 0 Å². The van der Waals surface area contributed by atoms with Crippen LogP contribution in [-0.4, -0.2) is 66.2 Å². The van der Waals surface area contributed by atoms with E-state index in [-0.39, 0.29) is 6.61 Å². The van der Waals surface area contributed by atoms with E-state index in [9.17, 15) is 15.3 Å². The Morgan fingerprint density at radius 3 is 1.76 bits per heavy atom. The molecule has 2 rings (SSSR count). The molecule has 0 aliphatic heterocycles. The van der Waals surface area contributed by atoms with Gasteiger partial charge in [-0.05, 0) is 5.56 Å². The molecule has 21 heavy (non-hydrogen) atoms. The van der Waals surface area contributed by atoms with Crippen LogP contribution in [0, 0.1) is 0 Å². The zero-order chi connectivity index (χ0) is 15.4. The van der Waals surface area contributed by atoms with Crippen molar-refractivity contribution in [2.45, 2.75) is 43.2 Å². The van der Waals surface area contributed by atoms with E-state index in [1.54, 1.807) is 0 Å². The molecule has 0 radical (unpaired) electrons. The molecule has 0 heterocycles. The predicted molar refractivity (Wildman–Crippen MR) is 74.6 cm³/mol. The summed E-state index contributed by atoms with van der Waals surface area (Å²) in [5.41, 5.74) is 0.922. The number of methoxy groups -OCH3 is 2. The first-order chi connectivity index (χ1) is 10.1. The maximum atomic E-state index is 10.2. The van der Waals surface area contributed by atoms with Gasteiger partial charge >= 0.3 is 0 Å². The Kier molecular flexibility index (Phi) is 5.69. The fourth-order valence-electron chi connectivity index (χ4n) is 2.69. The molecule has 0 unspecified atom stereocenters. The van der Waals surface area contributed by atoms with Gasteiger partial charge in [0.1, 0.15) is 36.6 Å². The standard InChI is InChI=1S/C15H22O6/c1-19-13-10(16)14(20-2)12(18)15(11(13)17)21-8-9-6-4-3-5-7-9/h3-7,10-18H,8H2,1-2H3/t10-,11+,12-,13-,14+,15-. The minimum atomic E-state index is -1.14. The molecule has 6 heteroatoms. The molecular formula is C15H22O6. The quantitative estimate of drug-likeness (QED) is 0.691. The first-order valence-corrected chi connectivity index (χ1v) is 6.85. The van der Waals surface area contributed by atoms with Gasteiger partial charge < -0.3 is 29.5 Å². The van der Waals surface area contributed by atoms with E-state index in [1.807, 2.05) is 30.3 Å². The lowest BCUT2D eigenvalue weighted by molar-refractivity contribution is -0.248. The number of hydrogen-bond donors (Lipinski definition) is 3. The summed E-state index contributed by atoms with van der Waals surface area (Å²) >= 11 is 0. The van der Waals surface area contributed by atoms with Gasteiger partial charge in [0, 0.05) is 14.2 Å². The smallest absolute Gasteiger partial charge is 0.115 e. The molecule has 0 spiro atoms. The van der Waals surface area contributed by atoms with Crippen LogP contribution in [0.25, 0.3) is 0 Å². The normalized spacial score (nSPS) is 36.6. The Morgan fingerprint density at radius 2 is 1.29 bits per heavy atom. The van der Waals surface area contributed by atoms with Gasteiger partial charge in [-0.2, -0.15) is 0 Å². The highest BCUT2D eigenvalue weighted by Crippen LogP contribution is 2.27. The van der Waals surface area contributed by atoms with Gasteiger partial charge in [0.15, 0.2) is 0 Å². The maximum Gasteiger partial charge on any atom is 0.115 e. The van der Waals surface area contributed by atoms with Crippen LogP contribution in [0.1, 0.15) is 5.56 Å². The van der Waals surface area contributed by atoms with Gasteiger partial charge in [0.05, 0.1) is 6.61 Å². The van der Waals surface area contributed by atoms with Gasteiger partial charge in [0.25, 0.3) is 0 Å². The largest absolute Gasteiger partial charge is 0.387 e. The lowest BCUT2D eigenvalue weighted by atomic mass is 9.84. The highest BCUT2D eigenvalue weighted by molar-refractivity contribution is 5.13. The Bertz CT molecular complexity index is 407.